The molecule has 0 saturated carbocycles. The van der Waals surface area contributed by atoms with Crippen LogP contribution >= 0.6 is 0 Å². The molecule has 66 valence electrons. The van der Waals surface area contributed by atoms with Crippen LogP contribution in [-0.2, 0) is 10.8 Å². The van der Waals surface area contributed by atoms with Gasteiger partial charge in [0, 0.05) is 22.8 Å². The molecule has 2 heteroatoms. The first-order valence-corrected chi connectivity index (χ1v) is 5.95. The van der Waals surface area contributed by atoms with Crippen LogP contribution in [0, 0.1) is 0 Å². The number of hydrogen-bond donors (Lipinski definition) is 0. The second-order valence-electron chi connectivity index (χ2n) is 2.68. The summed E-state index contributed by atoms with van der Waals surface area (Å²) in [5.41, 5.74) is 0. The van der Waals surface area contributed by atoms with E-state index in [9.17, 15) is 4.21 Å². The molecule has 0 heterocycles. The Morgan fingerprint density at radius 3 is 2.45 bits per heavy atom. The van der Waals surface area contributed by atoms with Gasteiger partial charge in [0.05, 0.1) is 0 Å². The molecule has 0 aliphatic carbocycles. The van der Waals surface area contributed by atoms with E-state index in [0.29, 0.717) is 0 Å². The van der Waals surface area contributed by atoms with Crippen LogP contribution in [0.15, 0.2) is 12.2 Å². The Labute approximate surface area is 72.3 Å². The first-order chi connectivity index (χ1) is 5.27. The van der Waals surface area contributed by atoms with Crippen LogP contribution in [-0.4, -0.2) is 16.2 Å². The third-order valence-electron chi connectivity index (χ3n) is 1.46. The van der Waals surface area contributed by atoms with Gasteiger partial charge in [0.25, 0.3) is 0 Å². The van der Waals surface area contributed by atoms with E-state index in [4.69, 9.17) is 0 Å². The number of rotatable bonds is 6. The van der Waals surface area contributed by atoms with Crippen molar-refractivity contribution in [3.8, 4) is 0 Å². The number of unbranched alkanes of at least 4 members (excludes halogenated alkanes) is 2. The normalized spacial score (nSPS) is 14.0. The highest BCUT2D eigenvalue weighted by molar-refractivity contribution is 7.84. The molecular formula is C9H18OS. The van der Waals surface area contributed by atoms with Crippen molar-refractivity contribution in [2.24, 2.45) is 0 Å². The Bertz CT molecular complexity index is 130. The fourth-order valence-electron chi connectivity index (χ4n) is 0.792. The Kier molecular flexibility index (Phi) is 7.91. The van der Waals surface area contributed by atoms with Gasteiger partial charge in [-0.2, -0.15) is 0 Å². The molecule has 0 aliphatic rings. The average Bonchev–Trinajstić information content (AvgIpc) is 1.96. The molecule has 0 amide bonds. The van der Waals surface area contributed by atoms with E-state index in [1.54, 1.807) is 6.26 Å². The van der Waals surface area contributed by atoms with Crippen LogP contribution in [0.5, 0.6) is 0 Å². The van der Waals surface area contributed by atoms with Crippen molar-refractivity contribution in [1.82, 2.24) is 0 Å². The predicted octanol–water partition coefficient (Wildman–Crippen LogP) is 2.50. The summed E-state index contributed by atoms with van der Waals surface area (Å²) in [5, 5.41) is 0. The Morgan fingerprint density at radius 1 is 1.27 bits per heavy atom. The monoisotopic (exact) mass is 174 g/mol. The fourth-order valence-corrected chi connectivity index (χ4v) is 1.26. The summed E-state index contributed by atoms with van der Waals surface area (Å²) in [6, 6.07) is 0. The van der Waals surface area contributed by atoms with Crippen LogP contribution in [0.25, 0.3) is 0 Å². The van der Waals surface area contributed by atoms with E-state index in [1.165, 1.54) is 19.3 Å². The zero-order valence-corrected chi connectivity index (χ0v) is 8.32. The minimum Gasteiger partial charge on any atom is -0.260 e. The van der Waals surface area contributed by atoms with Gasteiger partial charge in [-0.1, -0.05) is 31.9 Å². The zero-order valence-electron chi connectivity index (χ0n) is 7.51. The Hall–Kier alpha value is -0.110. The van der Waals surface area contributed by atoms with E-state index in [2.05, 4.69) is 19.1 Å². The third-order valence-corrected chi connectivity index (χ3v) is 2.27. The van der Waals surface area contributed by atoms with Crippen molar-refractivity contribution in [1.29, 1.82) is 0 Å². The second kappa shape index (κ2) is 7.99. The SMILES string of the molecule is CCCC/C=C/CCS(C)=O. The highest BCUT2D eigenvalue weighted by Crippen LogP contribution is 1.96. The second-order valence-corrected chi connectivity index (χ2v) is 4.23. The van der Waals surface area contributed by atoms with Crippen molar-refractivity contribution in [2.45, 2.75) is 32.6 Å². The summed E-state index contributed by atoms with van der Waals surface area (Å²) < 4.78 is 10.6. The molecule has 0 spiro atoms. The smallest absolute Gasteiger partial charge is 0.0266 e. The molecule has 11 heavy (non-hydrogen) atoms. The van der Waals surface area contributed by atoms with Crippen molar-refractivity contribution in [3.63, 3.8) is 0 Å². The maximum atomic E-state index is 10.6. The summed E-state index contributed by atoms with van der Waals surface area (Å²) in [5.74, 6) is 0.808. The van der Waals surface area contributed by atoms with Gasteiger partial charge in [-0.3, -0.25) is 4.21 Å². The highest BCUT2D eigenvalue weighted by Gasteiger charge is 1.85. The van der Waals surface area contributed by atoms with Crippen LogP contribution in [0.2, 0.25) is 0 Å². The van der Waals surface area contributed by atoms with Crippen LogP contribution < -0.4 is 0 Å². The lowest BCUT2D eigenvalue weighted by atomic mass is 10.2. The largest absolute Gasteiger partial charge is 0.260 e. The minimum atomic E-state index is -0.624. The van der Waals surface area contributed by atoms with Gasteiger partial charge in [-0.05, 0) is 12.8 Å². The van der Waals surface area contributed by atoms with Crippen molar-refractivity contribution in [3.05, 3.63) is 12.2 Å². The van der Waals surface area contributed by atoms with Crippen molar-refractivity contribution >= 4 is 10.8 Å². The lowest BCUT2D eigenvalue weighted by molar-refractivity contribution is 0.686. The molecule has 1 atom stereocenters. The quantitative estimate of drug-likeness (QED) is 0.446. The lowest BCUT2D eigenvalue weighted by Gasteiger charge is -1.90. The summed E-state index contributed by atoms with van der Waals surface area (Å²) in [6.45, 7) is 2.19. The first kappa shape index (κ1) is 10.9. The molecule has 0 bridgehead atoms. The molecule has 0 rings (SSSR count). The lowest BCUT2D eigenvalue weighted by Crippen LogP contribution is -1.90. The summed E-state index contributed by atoms with van der Waals surface area (Å²) >= 11 is 0. The average molecular weight is 174 g/mol. The van der Waals surface area contributed by atoms with Crippen LogP contribution in [0.1, 0.15) is 32.6 Å². The minimum absolute atomic E-state index is 0.624. The van der Waals surface area contributed by atoms with Gasteiger partial charge < -0.3 is 0 Å². The van der Waals surface area contributed by atoms with Gasteiger partial charge in [-0.15, -0.1) is 0 Å². The van der Waals surface area contributed by atoms with Crippen molar-refractivity contribution in [2.75, 3.05) is 12.0 Å². The molecule has 0 N–H and O–H groups in total. The third kappa shape index (κ3) is 9.89. The van der Waals surface area contributed by atoms with Crippen LogP contribution in [0.4, 0.5) is 0 Å². The van der Waals surface area contributed by atoms with Gasteiger partial charge >= 0.3 is 0 Å². The Balaban J connectivity index is 3.10. The van der Waals surface area contributed by atoms with E-state index in [1.807, 2.05) is 0 Å². The number of hydrogen-bond acceptors (Lipinski definition) is 1. The molecule has 0 aromatic rings. The van der Waals surface area contributed by atoms with E-state index in [0.717, 1.165) is 12.2 Å². The van der Waals surface area contributed by atoms with Gasteiger partial charge in [0.15, 0.2) is 0 Å². The van der Waals surface area contributed by atoms with E-state index in [-0.39, 0.29) is 0 Å². The first-order valence-electron chi connectivity index (χ1n) is 4.22. The van der Waals surface area contributed by atoms with E-state index < -0.39 is 10.8 Å². The molecule has 0 aromatic heterocycles. The summed E-state index contributed by atoms with van der Waals surface area (Å²) in [4.78, 5) is 0. The topological polar surface area (TPSA) is 17.1 Å². The Morgan fingerprint density at radius 2 is 1.91 bits per heavy atom. The summed E-state index contributed by atoms with van der Waals surface area (Å²) in [6.07, 6.45) is 10.7. The fraction of sp³-hybridized carbons (Fsp3) is 0.778. The maximum Gasteiger partial charge on any atom is 0.0266 e. The molecule has 0 radical (unpaired) electrons. The molecule has 0 saturated heterocycles. The molecule has 0 aromatic carbocycles. The molecular weight excluding hydrogens is 156 g/mol. The van der Waals surface area contributed by atoms with Crippen molar-refractivity contribution < 1.29 is 4.21 Å². The van der Waals surface area contributed by atoms with E-state index >= 15 is 0 Å². The molecule has 1 unspecified atom stereocenters. The molecule has 0 fully saturated rings. The summed E-state index contributed by atoms with van der Waals surface area (Å²) in [7, 11) is -0.624. The molecule has 0 aliphatic heterocycles. The maximum absolute atomic E-state index is 10.6. The number of allylic oxidation sites excluding steroid dienone is 2. The molecule has 1 nitrogen and oxygen atoms in total. The van der Waals surface area contributed by atoms with Gasteiger partial charge in [-0.25, -0.2) is 0 Å². The zero-order chi connectivity index (χ0) is 8.53. The van der Waals surface area contributed by atoms with Crippen LogP contribution in [0.3, 0.4) is 0 Å². The predicted molar refractivity (Wildman–Crippen MR) is 52.2 cm³/mol. The van der Waals surface area contributed by atoms with Gasteiger partial charge in [0.2, 0.25) is 0 Å². The standard InChI is InChI=1S/C9H18OS/c1-3-4-5-6-7-8-9-11(2)10/h6-7H,3-5,8-9H2,1-2H3/b7-6+. The van der Waals surface area contributed by atoms with Gasteiger partial charge in [0.1, 0.15) is 0 Å². The highest BCUT2D eigenvalue weighted by atomic mass is 32.2.